The van der Waals surface area contributed by atoms with Gasteiger partial charge in [0.05, 0.1) is 12.5 Å². The maximum absolute atomic E-state index is 12.7. The lowest BCUT2D eigenvalue weighted by molar-refractivity contribution is -0.149. The molecule has 0 aromatic carbocycles. The van der Waals surface area contributed by atoms with Crippen molar-refractivity contribution in [1.29, 1.82) is 0 Å². The van der Waals surface area contributed by atoms with E-state index in [1.54, 1.807) is 18.0 Å². The molecule has 0 unspecified atom stereocenters. The number of ether oxygens (including phenoxy) is 1. The van der Waals surface area contributed by atoms with Crippen LogP contribution in [0.15, 0.2) is 22.9 Å². The monoisotopic (exact) mass is 399 g/mol. The van der Waals surface area contributed by atoms with Crippen molar-refractivity contribution in [2.45, 2.75) is 32.6 Å². The van der Waals surface area contributed by atoms with E-state index in [1.807, 2.05) is 12.1 Å². The lowest BCUT2D eigenvalue weighted by atomic mass is 9.97. The summed E-state index contributed by atoms with van der Waals surface area (Å²) < 4.78 is 10.3. The zero-order chi connectivity index (χ0) is 20.2. The summed E-state index contributed by atoms with van der Waals surface area (Å²) in [5.74, 6) is 0.582. The Morgan fingerprint density at radius 3 is 2.59 bits per heavy atom. The highest BCUT2D eigenvalue weighted by atomic mass is 16.5. The second-order valence-electron chi connectivity index (χ2n) is 7.34. The fraction of sp³-hybridized carbons (Fsp3) is 0.550. The fourth-order valence-electron chi connectivity index (χ4n) is 3.79. The molecule has 0 radical (unpaired) electrons. The first-order valence-corrected chi connectivity index (χ1v) is 10.2. The number of hydrogen-bond acceptors (Lipinski definition) is 8. The van der Waals surface area contributed by atoms with Gasteiger partial charge in [-0.25, -0.2) is 4.98 Å². The highest BCUT2D eigenvalue weighted by Crippen LogP contribution is 2.23. The Labute approximate surface area is 169 Å². The van der Waals surface area contributed by atoms with Gasteiger partial charge in [0.15, 0.2) is 0 Å². The van der Waals surface area contributed by atoms with Crippen molar-refractivity contribution < 1.29 is 18.8 Å². The summed E-state index contributed by atoms with van der Waals surface area (Å²) in [4.78, 5) is 37.1. The molecule has 9 nitrogen and oxygen atoms in total. The van der Waals surface area contributed by atoms with Gasteiger partial charge in [-0.15, -0.1) is 0 Å². The Hall–Kier alpha value is -2.97. The third kappa shape index (κ3) is 4.23. The SMILES string of the molecule is CCOC(=O)C1CCN(C(=O)c2nc(-c3ccc(N4CCCC4)nc3)no2)CC1. The summed E-state index contributed by atoms with van der Waals surface area (Å²) in [7, 11) is 0. The van der Waals surface area contributed by atoms with Gasteiger partial charge in [0.25, 0.3) is 0 Å². The Balaban J connectivity index is 1.37. The van der Waals surface area contributed by atoms with Crippen LogP contribution in [0.4, 0.5) is 5.82 Å². The molecule has 0 spiro atoms. The number of carbonyl (C=O) groups is 2. The van der Waals surface area contributed by atoms with Crippen LogP contribution >= 0.6 is 0 Å². The van der Waals surface area contributed by atoms with Crippen LogP contribution in [0.25, 0.3) is 11.4 Å². The summed E-state index contributed by atoms with van der Waals surface area (Å²) in [5, 5.41) is 3.94. The molecular formula is C20H25N5O4. The molecule has 0 aliphatic carbocycles. The maximum Gasteiger partial charge on any atom is 0.316 e. The number of carbonyl (C=O) groups excluding carboxylic acids is 2. The summed E-state index contributed by atoms with van der Waals surface area (Å²) >= 11 is 0. The van der Waals surface area contributed by atoms with Crippen LogP contribution in [0, 0.1) is 5.92 Å². The lowest BCUT2D eigenvalue weighted by Crippen LogP contribution is -2.40. The van der Waals surface area contributed by atoms with Crippen LogP contribution in [0.1, 0.15) is 43.3 Å². The van der Waals surface area contributed by atoms with Gasteiger partial charge in [-0.2, -0.15) is 4.98 Å². The van der Waals surface area contributed by atoms with Crippen molar-refractivity contribution in [2.75, 3.05) is 37.7 Å². The second-order valence-corrected chi connectivity index (χ2v) is 7.34. The Bertz CT molecular complexity index is 852. The van der Waals surface area contributed by atoms with E-state index in [4.69, 9.17) is 9.26 Å². The highest BCUT2D eigenvalue weighted by Gasteiger charge is 2.31. The number of amides is 1. The first-order chi connectivity index (χ1) is 14.2. The Morgan fingerprint density at radius 2 is 1.93 bits per heavy atom. The standard InChI is InChI=1S/C20H25N5O4/c1-2-28-20(27)14-7-11-25(12-8-14)19(26)18-22-17(23-29-18)15-5-6-16(21-13-15)24-9-3-4-10-24/h5-6,13-14H,2-4,7-12H2,1H3. The van der Waals surface area contributed by atoms with E-state index in [0.29, 0.717) is 43.9 Å². The largest absolute Gasteiger partial charge is 0.466 e. The molecule has 4 heterocycles. The van der Waals surface area contributed by atoms with Crippen LogP contribution in [-0.2, 0) is 9.53 Å². The number of nitrogens with zero attached hydrogens (tertiary/aromatic N) is 5. The first kappa shape index (κ1) is 19.4. The lowest BCUT2D eigenvalue weighted by Gasteiger charge is -2.29. The summed E-state index contributed by atoms with van der Waals surface area (Å²) in [6, 6.07) is 3.84. The molecule has 2 aliphatic heterocycles. The molecule has 2 aliphatic rings. The molecule has 2 fully saturated rings. The quantitative estimate of drug-likeness (QED) is 0.705. The summed E-state index contributed by atoms with van der Waals surface area (Å²) in [6.45, 7) is 5.15. The van der Waals surface area contributed by atoms with Gasteiger partial charge in [0, 0.05) is 37.9 Å². The van der Waals surface area contributed by atoms with E-state index in [2.05, 4.69) is 20.0 Å². The van der Waals surface area contributed by atoms with Crippen molar-refractivity contribution in [3.05, 3.63) is 24.2 Å². The molecule has 1 amide bonds. The summed E-state index contributed by atoms with van der Waals surface area (Å²) in [6.07, 6.45) is 5.24. The number of likely N-dealkylation sites (tertiary alicyclic amines) is 1. The molecule has 9 heteroatoms. The fourth-order valence-corrected chi connectivity index (χ4v) is 3.79. The number of anilines is 1. The molecule has 0 N–H and O–H groups in total. The molecular weight excluding hydrogens is 374 g/mol. The van der Waals surface area contributed by atoms with Gasteiger partial charge in [0.2, 0.25) is 5.82 Å². The molecule has 4 rings (SSSR count). The van der Waals surface area contributed by atoms with Crippen molar-refractivity contribution >= 4 is 17.7 Å². The van der Waals surface area contributed by atoms with E-state index >= 15 is 0 Å². The zero-order valence-electron chi connectivity index (χ0n) is 16.5. The average molecular weight is 399 g/mol. The maximum atomic E-state index is 12.7. The van der Waals surface area contributed by atoms with Crippen molar-refractivity contribution in [3.63, 3.8) is 0 Å². The van der Waals surface area contributed by atoms with Gasteiger partial charge in [-0.05, 0) is 44.7 Å². The third-order valence-electron chi connectivity index (χ3n) is 5.45. The number of rotatable bonds is 5. The van der Waals surface area contributed by atoms with E-state index in [-0.39, 0.29) is 23.7 Å². The van der Waals surface area contributed by atoms with Crippen molar-refractivity contribution in [1.82, 2.24) is 20.0 Å². The van der Waals surface area contributed by atoms with Gasteiger partial charge >= 0.3 is 17.8 Å². The number of esters is 1. The molecule has 0 bridgehead atoms. The van der Waals surface area contributed by atoms with Gasteiger partial charge < -0.3 is 19.1 Å². The zero-order valence-corrected chi connectivity index (χ0v) is 16.5. The van der Waals surface area contributed by atoms with Crippen LogP contribution in [0.2, 0.25) is 0 Å². The van der Waals surface area contributed by atoms with Gasteiger partial charge in [-0.3, -0.25) is 9.59 Å². The molecule has 0 atom stereocenters. The minimum absolute atomic E-state index is 0.0433. The number of hydrogen-bond donors (Lipinski definition) is 0. The van der Waals surface area contributed by atoms with Crippen LogP contribution in [0.5, 0.6) is 0 Å². The van der Waals surface area contributed by atoms with E-state index in [0.717, 1.165) is 18.9 Å². The number of pyridine rings is 1. The molecule has 2 saturated heterocycles. The topological polar surface area (TPSA) is 102 Å². The molecule has 29 heavy (non-hydrogen) atoms. The molecule has 154 valence electrons. The van der Waals surface area contributed by atoms with Crippen LogP contribution in [0.3, 0.4) is 0 Å². The normalized spacial score (nSPS) is 17.6. The predicted molar refractivity (Wildman–Crippen MR) is 104 cm³/mol. The average Bonchev–Trinajstić information content (AvgIpc) is 3.46. The number of aromatic nitrogens is 3. The predicted octanol–water partition coefficient (Wildman–Crippen LogP) is 2.15. The van der Waals surface area contributed by atoms with E-state index in [9.17, 15) is 9.59 Å². The molecule has 0 saturated carbocycles. The van der Waals surface area contributed by atoms with Crippen LogP contribution < -0.4 is 4.90 Å². The van der Waals surface area contributed by atoms with Crippen LogP contribution in [-0.4, -0.2) is 64.7 Å². The third-order valence-corrected chi connectivity index (χ3v) is 5.45. The molecule has 2 aromatic heterocycles. The second kappa shape index (κ2) is 8.59. The number of piperidine rings is 1. The minimum Gasteiger partial charge on any atom is -0.466 e. The summed E-state index contributed by atoms with van der Waals surface area (Å²) in [5.41, 5.74) is 0.705. The molecule has 2 aromatic rings. The Kier molecular flexibility index (Phi) is 5.73. The minimum atomic E-state index is -0.312. The van der Waals surface area contributed by atoms with Gasteiger partial charge in [0.1, 0.15) is 5.82 Å². The Morgan fingerprint density at radius 1 is 1.17 bits per heavy atom. The van der Waals surface area contributed by atoms with E-state index < -0.39 is 0 Å². The van der Waals surface area contributed by atoms with Crippen molar-refractivity contribution in [3.8, 4) is 11.4 Å². The smallest absolute Gasteiger partial charge is 0.316 e. The first-order valence-electron chi connectivity index (χ1n) is 10.2. The van der Waals surface area contributed by atoms with Crippen molar-refractivity contribution in [2.24, 2.45) is 5.92 Å². The van der Waals surface area contributed by atoms with Gasteiger partial charge in [-0.1, -0.05) is 5.16 Å². The van der Waals surface area contributed by atoms with E-state index in [1.165, 1.54) is 12.8 Å². The highest BCUT2D eigenvalue weighted by molar-refractivity contribution is 5.90.